The van der Waals surface area contributed by atoms with Gasteiger partial charge in [-0.15, -0.1) is 10.2 Å². The Morgan fingerprint density at radius 3 is 2.52 bits per heavy atom. The molecule has 1 aromatic rings. The highest BCUT2D eigenvalue weighted by atomic mass is 32.2. The van der Waals surface area contributed by atoms with Crippen LogP contribution in [-0.4, -0.2) is 75.7 Å². The van der Waals surface area contributed by atoms with Crippen LogP contribution in [0.4, 0.5) is 10.7 Å². The fraction of sp³-hybridized carbons (Fsp3) is 0.765. The molecule has 0 atom stereocenters. The molecule has 9 nitrogen and oxygen atoms in total. The van der Waals surface area contributed by atoms with Crippen molar-refractivity contribution in [1.29, 1.82) is 0 Å². The number of aromatic nitrogens is 3. The van der Waals surface area contributed by atoms with E-state index in [1.807, 2.05) is 0 Å². The van der Waals surface area contributed by atoms with Crippen molar-refractivity contribution in [2.24, 2.45) is 5.92 Å². The fourth-order valence-corrected chi connectivity index (χ4v) is 4.03. The number of nitrogens with zero attached hydrogens (tertiary/aromatic N) is 5. The first-order valence-electron chi connectivity index (χ1n) is 9.32. The number of urea groups is 1. The minimum atomic E-state index is -0.830. The van der Waals surface area contributed by atoms with Gasteiger partial charge in [-0.3, -0.25) is 14.3 Å². The summed E-state index contributed by atoms with van der Waals surface area (Å²) < 4.78 is 7.56. The van der Waals surface area contributed by atoms with E-state index in [1.165, 1.54) is 16.7 Å². The highest BCUT2D eigenvalue weighted by molar-refractivity contribution is 7.99. The van der Waals surface area contributed by atoms with Gasteiger partial charge in [0.15, 0.2) is 5.16 Å². The Labute approximate surface area is 163 Å². The van der Waals surface area contributed by atoms with Crippen LogP contribution in [0, 0.1) is 5.92 Å². The van der Waals surface area contributed by atoms with Gasteiger partial charge in [0.2, 0.25) is 5.95 Å². The molecule has 2 aliphatic heterocycles. The summed E-state index contributed by atoms with van der Waals surface area (Å²) in [4.78, 5) is 27.8. The summed E-state index contributed by atoms with van der Waals surface area (Å²) in [5.74, 6) is 1.71. The van der Waals surface area contributed by atoms with E-state index in [0.29, 0.717) is 31.4 Å². The van der Waals surface area contributed by atoms with Crippen molar-refractivity contribution < 1.29 is 14.3 Å². The lowest BCUT2D eigenvalue weighted by molar-refractivity contribution is -0.130. The van der Waals surface area contributed by atoms with Crippen LogP contribution >= 0.6 is 11.8 Å². The summed E-state index contributed by atoms with van der Waals surface area (Å²) in [5, 5.41) is 12.3. The number of anilines is 1. The van der Waals surface area contributed by atoms with E-state index >= 15 is 0 Å². The molecule has 0 spiro atoms. The lowest BCUT2D eigenvalue weighted by Crippen LogP contribution is -2.40. The standard InChI is InChI=1S/C17H28N6O3S/c1-12(2)11-23-14(21-5-8-26-9-6-21)19-20-16(23)27-10-7-22-13(24)17(3,4)18-15(22)25/h12H,5-11H2,1-4H3,(H,18,25). The summed E-state index contributed by atoms with van der Waals surface area (Å²) in [6, 6.07) is -0.330. The largest absolute Gasteiger partial charge is 0.378 e. The van der Waals surface area contributed by atoms with E-state index in [9.17, 15) is 9.59 Å². The van der Waals surface area contributed by atoms with Crippen LogP contribution in [0.25, 0.3) is 0 Å². The molecule has 3 rings (SSSR count). The molecule has 0 aromatic carbocycles. The molecule has 150 valence electrons. The van der Waals surface area contributed by atoms with Gasteiger partial charge < -0.3 is 15.0 Å². The number of thioether (sulfide) groups is 1. The zero-order chi connectivity index (χ0) is 19.6. The molecular formula is C17H28N6O3S. The number of ether oxygens (including phenoxy) is 1. The summed E-state index contributed by atoms with van der Waals surface area (Å²) in [6.07, 6.45) is 0. The Morgan fingerprint density at radius 1 is 1.22 bits per heavy atom. The van der Waals surface area contributed by atoms with Gasteiger partial charge in [-0.1, -0.05) is 25.6 Å². The molecule has 3 amide bonds. The highest BCUT2D eigenvalue weighted by Gasteiger charge is 2.43. The quantitative estimate of drug-likeness (QED) is 0.547. The lowest BCUT2D eigenvalue weighted by atomic mass is 10.1. The van der Waals surface area contributed by atoms with Crippen molar-refractivity contribution in [3.63, 3.8) is 0 Å². The Morgan fingerprint density at radius 2 is 1.93 bits per heavy atom. The number of morpholine rings is 1. The second-order valence-electron chi connectivity index (χ2n) is 7.75. The van der Waals surface area contributed by atoms with Crippen LogP contribution in [0.2, 0.25) is 0 Å². The van der Waals surface area contributed by atoms with Crippen molar-refractivity contribution in [2.45, 2.75) is 44.9 Å². The molecule has 0 bridgehead atoms. The third-order valence-electron chi connectivity index (χ3n) is 4.53. The average molecular weight is 397 g/mol. The van der Waals surface area contributed by atoms with E-state index in [-0.39, 0.29) is 11.9 Å². The van der Waals surface area contributed by atoms with Gasteiger partial charge in [0, 0.05) is 31.9 Å². The number of carbonyl (C=O) groups excluding carboxylic acids is 2. The first kappa shape index (κ1) is 19.9. The number of hydrogen-bond donors (Lipinski definition) is 1. The maximum absolute atomic E-state index is 12.3. The lowest BCUT2D eigenvalue weighted by Gasteiger charge is -2.28. The topological polar surface area (TPSA) is 92.6 Å². The molecule has 27 heavy (non-hydrogen) atoms. The van der Waals surface area contributed by atoms with E-state index in [1.54, 1.807) is 13.8 Å². The number of rotatable bonds is 7. The van der Waals surface area contributed by atoms with Crippen molar-refractivity contribution in [3.8, 4) is 0 Å². The van der Waals surface area contributed by atoms with Crippen molar-refractivity contribution in [1.82, 2.24) is 25.0 Å². The van der Waals surface area contributed by atoms with Gasteiger partial charge in [0.05, 0.1) is 13.2 Å². The van der Waals surface area contributed by atoms with Gasteiger partial charge in [-0.25, -0.2) is 4.79 Å². The molecule has 2 fully saturated rings. The minimum Gasteiger partial charge on any atom is -0.378 e. The summed E-state index contributed by atoms with van der Waals surface area (Å²) in [7, 11) is 0. The number of imide groups is 1. The van der Waals surface area contributed by atoms with Crippen LogP contribution in [0.15, 0.2) is 5.16 Å². The molecule has 2 saturated heterocycles. The summed E-state index contributed by atoms with van der Waals surface area (Å²) >= 11 is 1.52. The van der Waals surface area contributed by atoms with Crippen molar-refractivity contribution in [3.05, 3.63) is 0 Å². The number of amides is 3. The fourth-order valence-electron chi connectivity index (χ4n) is 3.16. The molecule has 3 heterocycles. The smallest absolute Gasteiger partial charge is 0.325 e. The van der Waals surface area contributed by atoms with E-state index < -0.39 is 5.54 Å². The molecular weight excluding hydrogens is 368 g/mol. The Bertz CT molecular complexity index is 699. The second-order valence-corrected chi connectivity index (χ2v) is 8.81. The van der Waals surface area contributed by atoms with Gasteiger partial charge in [0.1, 0.15) is 5.54 Å². The molecule has 2 aliphatic rings. The monoisotopic (exact) mass is 396 g/mol. The molecule has 0 unspecified atom stereocenters. The van der Waals surface area contributed by atoms with E-state index in [0.717, 1.165) is 30.7 Å². The Hall–Kier alpha value is -1.81. The van der Waals surface area contributed by atoms with Crippen molar-refractivity contribution >= 4 is 29.6 Å². The maximum Gasteiger partial charge on any atom is 0.325 e. The van der Waals surface area contributed by atoms with Gasteiger partial charge in [-0.05, 0) is 19.8 Å². The molecule has 0 radical (unpaired) electrons. The Kier molecular flexibility index (Phi) is 5.95. The van der Waals surface area contributed by atoms with Gasteiger partial charge >= 0.3 is 6.03 Å². The van der Waals surface area contributed by atoms with Crippen LogP contribution in [-0.2, 0) is 16.1 Å². The van der Waals surface area contributed by atoms with E-state index in [4.69, 9.17) is 4.74 Å². The first-order chi connectivity index (χ1) is 12.8. The molecule has 1 aromatic heterocycles. The summed E-state index contributed by atoms with van der Waals surface area (Å²) in [6.45, 7) is 11.9. The molecule has 0 aliphatic carbocycles. The van der Waals surface area contributed by atoms with Gasteiger partial charge in [-0.2, -0.15) is 0 Å². The first-order valence-corrected chi connectivity index (χ1v) is 10.3. The predicted octanol–water partition coefficient (Wildman–Crippen LogP) is 1.19. The van der Waals surface area contributed by atoms with Crippen LogP contribution in [0.5, 0.6) is 0 Å². The number of hydrogen-bond acceptors (Lipinski definition) is 7. The van der Waals surface area contributed by atoms with Crippen LogP contribution in [0.3, 0.4) is 0 Å². The van der Waals surface area contributed by atoms with Gasteiger partial charge in [0.25, 0.3) is 5.91 Å². The van der Waals surface area contributed by atoms with E-state index in [2.05, 4.69) is 38.8 Å². The van der Waals surface area contributed by atoms with Crippen LogP contribution in [0.1, 0.15) is 27.7 Å². The SMILES string of the molecule is CC(C)Cn1c(SCCN2C(=O)NC(C)(C)C2=O)nnc1N1CCOCC1. The highest BCUT2D eigenvalue weighted by Crippen LogP contribution is 2.25. The zero-order valence-electron chi connectivity index (χ0n) is 16.4. The third kappa shape index (κ3) is 4.37. The second kappa shape index (κ2) is 8.05. The molecule has 10 heteroatoms. The average Bonchev–Trinajstić information content (AvgIpc) is 3.08. The normalized spacial score (nSPS) is 19.9. The zero-order valence-corrected chi connectivity index (χ0v) is 17.2. The number of nitrogens with one attached hydrogen (secondary N) is 1. The summed E-state index contributed by atoms with van der Waals surface area (Å²) in [5.41, 5.74) is -0.830. The Balaban J connectivity index is 1.66. The maximum atomic E-state index is 12.3. The number of carbonyl (C=O) groups is 2. The molecule has 1 N–H and O–H groups in total. The minimum absolute atomic E-state index is 0.189. The predicted molar refractivity (Wildman–Crippen MR) is 103 cm³/mol. The van der Waals surface area contributed by atoms with Crippen LogP contribution < -0.4 is 10.2 Å². The third-order valence-corrected chi connectivity index (χ3v) is 5.48. The molecule has 0 saturated carbocycles. The van der Waals surface area contributed by atoms with Crippen molar-refractivity contribution in [2.75, 3.05) is 43.5 Å².